The Morgan fingerprint density at radius 2 is 1.20 bits per heavy atom. The van der Waals surface area contributed by atoms with Crippen LogP contribution in [0.25, 0.3) is 0 Å². The highest BCUT2D eigenvalue weighted by Gasteiger charge is 2.20. The van der Waals surface area contributed by atoms with Crippen LogP contribution < -0.4 is 4.90 Å². The average molecular weight is 231 g/mol. The maximum absolute atomic E-state index is 9.75. The van der Waals surface area contributed by atoms with Gasteiger partial charge in [-0.2, -0.15) is 0 Å². The van der Waals surface area contributed by atoms with E-state index in [1.807, 2.05) is 0 Å². The molecule has 0 saturated carbocycles. The van der Waals surface area contributed by atoms with Crippen LogP contribution in [0.4, 0.5) is 17.3 Å². The molecule has 0 amide bonds. The minimum absolute atomic E-state index is 0.778. The van der Waals surface area contributed by atoms with Gasteiger partial charge in [-0.3, -0.25) is 0 Å². The molecule has 0 aromatic carbocycles. The molecule has 0 fully saturated rings. The van der Waals surface area contributed by atoms with Gasteiger partial charge < -0.3 is 22.2 Å². The lowest BCUT2D eigenvalue weighted by atomic mass is 10.2. The minimum Gasteiger partial charge on any atom is -0.418 e. The second-order valence-corrected chi connectivity index (χ2v) is 4.13. The molecule has 0 aliphatic carbocycles. The standard InChI is InChI=1S/C9H21N.BF4/c1-6-7-10(8(2)3)9(4)5;2-1(3,4)5/h8-9H,6-7H2,1-5H3;/q;-1/p+1. The zero-order chi connectivity index (χ0) is 12.6. The molecule has 0 unspecified atom stereocenters. The van der Waals surface area contributed by atoms with Gasteiger partial charge in [0.1, 0.15) is 0 Å². The van der Waals surface area contributed by atoms with E-state index in [0.717, 1.165) is 12.1 Å². The van der Waals surface area contributed by atoms with E-state index in [1.54, 1.807) is 4.90 Å². The molecule has 94 valence electrons. The van der Waals surface area contributed by atoms with Crippen LogP contribution in [0.1, 0.15) is 41.0 Å². The molecule has 0 rings (SSSR count). The minimum atomic E-state index is -6.00. The summed E-state index contributed by atoms with van der Waals surface area (Å²) in [6.45, 7) is 12.8. The van der Waals surface area contributed by atoms with Crippen molar-refractivity contribution < 1.29 is 22.2 Å². The molecule has 0 aliphatic heterocycles. The lowest BCUT2D eigenvalue weighted by molar-refractivity contribution is -0.942. The third-order valence-electron chi connectivity index (χ3n) is 2.02. The molecular weight excluding hydrogens is 209 g/mol. The number of rotatable bonds is 4. The van der Waals surface area contributed by atoms with E-state index in [1.165, 1.54) is 13.0 Å². The molecule has 1 nitrogen and oxygen atoms in total. The third-order valence-corrected chi connectivity index (χ3v) is 2.02. The first kappa shape index (κ1) is 17.1. The Labute approximate surface area is 89.9 Å². The highest BCUT2D eigenvalue weighted by molar-refractivity contribution is 6.50. The normalized spacial score (nSPS) is 12.0. The topological polar surface area (TPSA) is 4.44 Å². The van der Waals surface area contributed by atoms with Crippen LogP contribution in [0.15, 0.2) is 0 Å². The number of hydrogen-bond acceptors (Lipinski definition) is 0. The van der Waals surface area contributed by atoms with Gasteiger partial charge in [0, 0.05) is 0 Å². The van der Waals surface area contributed by atoms with Crippen LogP contribution >= 0.6 is 0 Å². The van der Waals surface area contributed by atoms with Crippen LogP contribution in [0, 0.1) is 0 Å². The summed E-state index contributed by atoms with van der Waals surface area (Å²) in [6, 6.07) is 1.56. The number of hydrogen-bond donors (Lipinski definition) is 1. The highest BCUT2D eigenvalue weighted by Crippen LogP contribution is 2.06. The molecule has 0 aromatic rings. The fraction of sp³-hybridized carbons (Fsp3) is 1.00. The van der Waals surface area contributed by atoms with Gasteiger partial charge in [0.15, 0.2) is 0 Å². The van der Waals surface area contributed by atoms with Crippen LogP contribution in [0.5, 0.6) is 0 Å². The van der Waals surface area contributed by atoms with E-state index in [2.05, 4.69) is 34.6 Å². The molecule has 1 N–H and O–H groups in total. The Bertz CT molecular complexity index is 134. The van der Waals surface area contributed by atoms with Gasteiger partial charge >= 0.3 is 7.25 Å². The van der Waals surface area contributed by atoms with Gasteiger partial charge in [-0.05, 0) is 34.1 Å². The first-order valence-corrected chi connectivity index (χ1v) is 5.32. The van der Waals surface area contributed by atoms with Crippen LogP contribution in [-0.2, 0) is 0 Å². The van der Waals surface area contributed by atoms with Gasteiger partial charge in [-0.15, -0.1) is 0 Å². The maximum atomic E-state index is 9.75. The number of nitrogens with one attached hydrogen (secondary N) is 1. The van der Waals surface area contributed by atoms with Crippen LogP contribution in [0.2, 0.25) is 0 Å². The predicted molar refractivity (Wildman–Crippen MR) is 56.6 cm³/mol. The lowest BCUT2D eigenvalue weighted by Crippen LogP contribution is -3.17. The summed E-state index contributed by atoms with van der Waals surface area (Å²) in [6.07, 6.45) is 1.30. The zero-order valence-electron chi connectivity index (χ0n) is 10.2. The predicted octanol–water partition coefficient (Wildman–Crippen LogP) is 2.40. The fourth-order valence-corrected chi connectivity index (χ4v) is 1.53. The summed E-state index contributed by atoms with van der Waals surface area (Å²) >= 11 is 0. The van der Waals surface area contributed by atoms with Gasteiger partial charge in [-0.1, -0.05) is 6.92 Å². The molecule has 6 heteroatoms. The molecule has 0 bridgehead atoms. The molecule has 0 spiro atoms. The second-order valence-electron chi connectivity index (χ2n) is 4.13. The number of halogens is 4. The van der Waals surface area contributed by atoms with Gasteiger partial charge in [-0.25, -0.2) is 0 Å². The highest BCUT2D eigenvalue weighted by atomic mass is 19.5. The Morgan fingerprint density at radius 1 is 0.933 bits per heavy atom. The molecule has 0 heterocycles. The summed E-state index contributed by atoms with van der Waals surface area (Å²) in [7, 11) is -6.00. The van der Waals surface area contributed by atoms with Crippen LogP contribution in [0.3, 0.4) is 0 Å². The smallest absolute Gasteiger partial charge is 0.418 e. The quantitative estimate of drug-likeness (QED) is 0.559. The Kier molecular flexibility index (Phi) is 9.10. The van der Waals surface area contributed by atoms with E-state index in [9.17, 15) is 17.3 Å². The third kappa shape index (κ3) is 16.4. The second kappa shape index (κ2) is 7.96. The van der Waals surface area contributed by atoms with Gasteiger partial charge in [0.05, 0.1) is 18.6 Å². The summed E-state index contributed by atoms with van der Waals surface area (Å²) < 4.78 is 39.0. The summed E-state index contributed by atoms with van der Waals surface area (Å²) in [5, 5.41) is 0. The van der Waals surface area contributed by atoms with Gasteiger partial charge in [0.25, 0.3) is 0 Å². The van der Waals surface area contributed by atoms with Crippen molar-refractivity contribution in [2.75, 3.05) is 6.54 Å². The van der Waals surface area contributed by atoms with E-state index in [-0.39, 0.29) is 0 Å². The summed E-state index contributed by atoms with van der Waals surface area (Å²) in [5.41, 5.74) is 0. The van der Waals surface area contributed by atoms with Crippen molar-refractivity contribution in [1.29, 1.82) is 0 Å². The van der Waals surface area contributed by atoms with E-state index in [0.29, 0.717) is 0 Å². The maximum Gasteiger partial charge on any atom is 0.673 e. The summed E-state index contributed by atoms with van der Waals surface area (Å²) in [4.78, 5) is 1.72. The number of quaternary nitrogens is 1. The Morgan fingerprint density at radius 3 is 1.27 bits per heavy atom. The van der Waals surface area contributed by atoms with Crippen molar-refractivity contribution in [3.05, 3.63) is 0 Å². The van der Waals surface area contributed by atoms with E-state index in [4.69, 9.17) is 0 Å². The van der Waals surface area contributed by atoms with Gasteiger partial charge in [0.2, 0.25) is 0 Å². The molecule has 0 aliphatic rings. The Hall–Kier alpha value is -0.255. The molecule has 0 atom stereocenters. The zero-order valence-corrected chi connectivity index (χ0v) is 10.2. The Balaban J connectivity index is 0. The van der Waals surface area contributed by atoms with Crippen molar-refractivity contribution in [1.82, 2.24) is 0 Å². The summed E-state index contributed by atoms with van der Waals surface area (Å²) in [5.74, 6) is 0. The van der Waals surface area contributed by atoms with E-state index >= 15 is 0 Å². The first-order valence-electron chi connectivity index (χ1n) is 5.32. The van der Waals surface area contributed by atoms with Crippen molar-refractivity contribution in [3.8, 4) is 0 Å². The SMILES string of the molecule is CCC[NH+](C(C)C)C(C)C.F[B-](F)(F)F. The van der Waals surface area contributed by atoms with Crippen molar-refractivity contribution in [2.45, 2.75) is 53.1 Å². The average Bonchev–Trinajstić information content (AvgIpc) is 1.95. The molecule has 0 aromatic heterocycles. The van der Waals surface area contributed by atoms with Crippen molar-refractivity contribution in [2.24, 2.45) is 0 Å². The first-order chi connectivity index (χ1) is 6.59. The van der Waals surface area contributed by atoms with Crippen LogP contribution in [-0.4, -0.2) is 25.9 Å². The molecule has 15 heavy (non-hydrogen) atoms. The molecular formula is C9H22BF4N. The largest absolute Gasteiger partial charge is 0.673 e. The van der Waals surface area contributed by atoms with E-state index < -0.39 is 7.25 Å². The van der Waals surface area contributed by atoms with Crippen molar-refractivity contribution in [3.63, 3.8) is 0 Å². The monoisotopic (exact) mass is 231 g/mol. The fourth-order valence-electron chi connectivity index (χ4n) is 1.53. The molecule has 0 saturated heterocycles. The lowest BCUT2D eigenvalue weighted by Gasteiger charge is -2.26. The van der Waals surface area contributed by atoms with Crippen molar-refractivity contribution >= 4 is 7.25 Å². The molecule has 0 radical (unpaired) electrons.